The lowest BCUT2D eigenvalue weighted by Gasteiger charge is -2.33. The average molecular weight is 1000 g/mol. The van der Waals surface area contributed by atoms with Crippen molar-refractivity contribution in [3.8, 4) is 66.8 Å². The maximum Gasteiger partial charge on any atom is 0.143 e. The number of fused-ring (bicyclic) bond motifs is 17. The van der Waals surface area contributed by atoms with E-state index in [1.807, 2.05) is 0 Å². The smallest absolute Gasteiger partial charge is 0.143 e. The molecule has 0 N–H and O–H groups in total. The predicted molar refractivity (Wildman–Crippen MR) is 325 cm³/mol. The highest BCUT2D eigenvalue weighted by atomic mass is 16.3. The van der Waals surface area contributed by atoms with Crippen LogP contribution in [0.1, 0.15) is 74.9 Å². The summed E-state index contributed by atoms with van der Waals surface area (Å²) in [6.45, 7) is 14.5. The van der Waals surface area contributed by atoms with Crippen molar-refractivity contribution in [2.75, 3.05) is 4.90 Å². The molecule has 3 heteroatoms. The van der Waals surface area contributed by atoms with Crippen LogP contribution in [0.3, 0.4) is 0 Å². The topological polar surface area (TPSA) is 29.5 Å². The zero-order chi connectivity index (χ0) is 52.4. The van der Waals surface area contributed by atoms with Gasteiger partial charge in [-0.05, 0) is 144 Å². The van der Waals surface area contributed by atoms with Crippen molar-refractivity contribution < 1.29 is 8.83 Å². The first-order valence-electron chi connectivity index (χ1n) is 27.5. The van der Waals surface area contributed by atoms with Crippen LogP contribution in [0.5, 0.6) is 0 Å². The molecule has 0 aliphatic heterocycles. The Hall–Kier alpha value is -9.18. The SMILES string of the molecule is CC1(C)c2cc(N(c3ccc4c(c3)C(C)(C)c3cc(-c5ccccc5)c5oc6ccccc6c5c3-4)c3c(-c4ccccc4)cccc3-c3ccccc3)ccc2-c2cc3c(cc21)-c1c(ccc2oc4ccccc4c12)C3(C)C. The first-order chi connectivity index (χ1) is 38.0. The van der Waals surface area contributed by atoms with Gasteiger partial charge in [-0.2, -0.15) is 0 Å². The van der Waals surface area contributed by atoms with Crippen LogP contribution in [-0.2, 0) is 16.2 Å². The standard InChI is InChI=1S/C75H55NO2/c1-73(2)58-37-38-66-69(53-27-16-18-31-64(53)77-66)68(58)57-43-61-56(42-62(57)73)51-35-33-47(39-59(51)74(61,3)4)76(71-49(44-21-10-7-11-22-44)29-20-30-50(71)45-23-12-8-13-24-45)48-34-36-52-60(40-48)75(5,6)63-41-55(46-25-14-9-15-26-46)72-70(67(52)63)54-28-17-19-32-65(54)78-72/h7-43H,1-6H3. The first kappa shape index (κ1) is 45.1. The second-order valence-corrected chi connectivity index (χ2v) is 23.5. The van der Waals surface area contributed by atoms with Crippen LogP contribution >= 0.6 is 0 Å². The number of rotatable bonds is 6. The molecule has 372 valence electrons. The Morgan fingerprint density at radius 3 is 1.40 bits per heavy atom. The van der Waals surface area contributed by atoms with E-state index in [-0.39, 0.29) is 16.2 Å². The summed E-state index contributed by atoms with van der Waals surface area (Å²) in [7, 11) is 0. The summed E-state index contributed by atoms with van der Waals surface area (Å²) in [5.74, 6) is 0. The van der Waals surface area contributed by atoms with E-state index in [0.717, 1.165) is 78.2 Å². The van der Waals surface area contributed by atoms with E-state index >= 15 is 0 Å². The van der Waals surface area contributed by atoms with Gasteiger partial charge in [0.2, 0.25) is 0 Å². The third-order valence-electron chi connectivity index (χ3n) is 18.3. The zero-order valence-corrected chi connectivity index (χ0v) is 44.6. The van der Waals surface area contributed by atoms with Crippen LogP contribution in [0.4, 0.5) is 17.1 Å². The molecule has 13 aromatic rings. The highest BCUT2D eigenvalue weighted by Crippen LogP contribution is 2.61. The van der Waals surface area contributed by atoms with Crippen LogP contribution in [0.25, 0.3) is 111 Å². The van der Waals surface area contributed by atoms with Crippen LogP contribution in [0.2, 0.25) is 0 Å². The van der Waals surface area contributed by atoms with Gasteiger partial charge in [-0.15, -0.1) is 0 Å². The number of nitrogens with zero attached hydrogens (tertiary/aromatic N) is 1. The van der Waals surface area contributed by atoms with Crippen LogP contribution in [0, 0.1) is 0 Å². The Labute approximate surface area is 454 Å². The van der Waals surface area contributed by atoms with E-state index in [2.05, 4.69) is 271 Å². The Bertz CT molecular complexity index is 4630. The molecule has 0 amide bonds. The molecule has 3 nitrogen and oxygen atoms in total. The highest BCUT2D eigenvalue weighted by Gasteiger charge is 2.44. The molecule has 3 aliphatic carbocycles. The van der Waals surface area contributed by atoms with Gasteiger partial charge >= 0.3 is 0 Å². The molecule has 2 aromatic heterocycles. The minimum atomic E-state index is -0.355. The Balaban J connectivity index is 0.928. The van der Waals surface area contributed by atoms with Gasteiger partial charge in [0.25, 0.3) is 0 Å². The monoisotopic (exact) mass is 1000 g/mol. The van der Waals surface area contributed by atoms with Crippen molar-refractivity contribution in [3.63, 3.8) is 0 Å². The quantitative estimate of drug-likeness (QED) is 0.166. The molecule has 0 spiro atoms. The number of benzene rings is 11. The minimum absolute atomic E-state index is 0.203. The van der Waals surface area contributed by atoms with Crippen molar-refractivity contribution in [1.29, 1.82) is 0 Å². The van der Waals surface area contributed by atoms with Gasteiger partial charge in [-0.1, -0.05) is 205 Å². The van der Waals surface area contributed by atoms with Gasteiger partial charge in [-0.3, -0.25) is 0 Å². The van der Waals surface area contributed by atoms with Crippen LogP contribution in [0.15, 0.2) is 233 Å². The normalized spacial score (nSPS) is 14.8. The highest BCUT2D eigenvalue weighted by molar-refractivity contribution is 6.19. The van der Waals surface area contributed by atoms with Gasteiger partial charge in [-0.25, -0.2) is 0 Å². The van der Waals surface area contributed by atoms with E-state index in [0.29, 0.717) is 0 Å². The molecule has 16 rings (SSSR count). The molecular weight excluding hydrogens is 947 g/mol. The Morgan fingerprint density at radius 2 is 0.756 bits per heavy atom. The molecule has 0 saturated heterocycles. The first-order valence-corrected chi connectivity index (χ1v) is 27.5. The summed E-state index contributed by atoms with van der Waals surface area (Å²) in [6, 6.07) is 83.1. The van der Waals surface area contributed by atoms with Crippen molar-refractivity contribution in [2.45, 2.75) is 57.8 Å². The van der Waals surface area contributed by atoms with Crippen LogP contribution < -0.4 is 4.90 Å². The Morgan fingerprint density at radius 1 is 0.295 bits per heavy atom. The van der Waals surface area contributed by atoms with E-state index in [1.165, 1.54) is 82.9 Å². The fourth-order valence-corrected chi connectivity index (χ4v) is 14.3. The molecule has 0 radical (unpaired) electrons. The molecule has 2 heterocycles. The third kappa shape index (κ3) is 6.10. The van der Waals surface area contributed by atoms with Crippen molar-refractivity contribution in [1.82, 2.24) is 0 Å². The summed E-state index contributed by atoms with van der Waals surface area (Å²) < 4.78 is 13.4. The summed E-state index contributed by atoms with van der Waals surface area (Å²) in [6.07, 6.45) is 0. The fourth-order valence-electron chi connectivity index (χ4n) is 14.3. The van der Waals surface area contributed by atoms with Gasteiger partial charge in [0.05, 0.1) is 5.69 Å². The molecule has 0 atom stereocenters. The van der Waals surface area contributed by atoms with Gasteiger partial charge in [0.1, 0.15) is 22.3 Å². The lowest BCUT2D eigenvalue weighted by Crippen LogP contribution is -2.19. The largest absolute Gasteiger partial charge is 0.456 e. The van der Waals surface area contributed by atoms with Gasteiger partial charge in [0, 0.05) is 65.9 Å². The van der Waals surface area contributed by atoms with E-state index in [4.69, 9.17) is 8.83 Å². The number of furan rings is 2. The molecular formula is C75H55NO2. The van der Waals surface area contributed by atoms with Gasteiger partial charge in [0.15, 0.2) is 0 Å². The zero-order valence-electron chi connectivity index (χ0n) is 44.6. The summed E-state index contributed by atoms with van der Waals surface area (Å²) >= 11 is 0. The third-order valence-corrected chi connectivity index (χ3v) is 18.3. The van der Waals surface area contributed by atoms with E-state index in [9.17, 15) is 0 Å². The second-order valence-electron chi connectivity index (χ2n) is 23.5. The van der Waals surface area contributed by atoms with Crippen molar-refractivity contribution in [2.24, 2.45) is 0 Å². The van der Waals surface area contributed by atoms with Crippen molar-refractivity contribution in [3.05, 3.63) is 258 Å². The predicted octanol–water partition coefficient (Wildman–Crippen LogP) is 20.9. The minimum Gasteiger partial charge on any atom is -0.456 e. The molecule has 0 saturated carbocycles. The van der Waals surface area contributed by atoms with Crippen LogP contribution in [-0.4, -0.2) is 0 Å². The second kappa shape index (κ2) is 15.9. The van der Waals surface area contributed by atoms with E-state index in [1.54, 1.807) is 0 Å². The lowest BCUT2D eigenvalue weighted by atomic mass is 9.79. The average Bonchev–Trinajstić information content (AvgIpc) is 4.42. The molecule has 0 unspecified atom stereocenters. The maximum absolute atomic E-state index is 6.88. The fraction of sp³-hybridized carbons (Fsp3) is 0.120. The van der Waals surface area contributed by atoms with E-state index < -0.39 is 0 Å². The number of para-hydroxylation sites is 3. The maximum atomic E-state index is 6.88. The van der Waals surface area contributed by atoms with Gasteiger partial charge < -0.3 is 13.7 Å². The number of anilines is 3. The molecule has 78 heavy (non-hydrogen) atoms. The summed E-state index contributed by atoms with van der Waals surface area (Å²) in [4.78, 5) is 2.57. The molecule has 0 fully saturated rings. The molecule has 3 aliphatic rings. The number of hydrogen-bond acceptors (Lipinski definition) is 3. The summed E-state index contributed by atoms with van der Waals surface area (Å²) in [5, 5.41) is 4.71. The summed E-state index contributed by atoms with van der Waals surface area (Å²) in [5.41, 5.74) is 28.9. The lowest BCUT2D eigenvalue weighted by molar-refractivity contribution is 0.651. The number of hydrogen-bond donors (Lipinski definition) is 0. The molecule has 11 aromatic carbocycles. The van der Waals surface area contributed by atoms with Crippen molar-refractivity contribution >= 4 is 60.9 Å². The Kier molecular flexibility index (Phi) is 9.21. The molecule has 0 bridgehead atoms.